The van der Waals surface area contributed by atoms with Gasteiger partial charge in [-0.3, -0.25) is 0 Å². The first-order valence-electron chi connectivity index (χ1n) is 8.24. The summed E-state index contributed by atoms with van der Waals surface area (Å²) >= 11 is 4.84. The lowest BCUT2D eigenvalue weighted by molar-refractivity contribution is 0.0903. The van der Waals surface area contributed by atoms with Gasteiger partial charge >= 0.3 is 0 Å². The highest BCUT2D eigenvalue weighted by Gasteiger charge is 2.26. The van der Waals surface area contributed by atoms with E-state index in [1.165, 1.54) is 11.3 Å². The van der Waals surface area contributed by atoms with Crippen molar-refractivity contribution >= 4 is 32.2 Å². The molecule has 2 aromatic carbocycles. The summed E-state index contributed by atoms with van der Waals surface area (Å²) in [7, 11) is 0. The minimum absolute atomic E-state index is 0.271. The Morgan fingerprint density at radius 3 is 2.78 bits per heavy atom. The summed E-state index contributed by atoms with van der Waals surface area (Å²) < 4.78 is 20.3. The smallest absolute Gasteiger partial charge is 0.234 e. The van der Waals surface area contributed by atoms with Crippen LogP contribution in [0.15, 0.2) is 53.0 Å². The quantitative estimate of drug-likeness (QED) is 0.472. The minimum Gasteiger partial charge on any atom is -0.486 e. The van der Waals surface area contributed by atoms with Crippen molar-refractivity contribution in [2.24, 2.45) is 0 Å². The fourth-order valence-corrected chi connectivity index (χ4v) is 3.85. The number of fused-ring (bicyclic) bond motifs is 2. The Balaban J connectivity index is 1.35. The number of benzene rings is 2. The van der Waals surface area contributed by atoms with Crippen molar-refractivity contribution < 1.29 is 14.2 Å². The van der Waals surface area contributed by atoms with E-state index < -0.39 is 0 Å². The van der Waals surface area contributed by atoms with Gasteiger partial charge in [-0.25, -0.2) is 0 Å². The zero-order valence-electron chi connectivity index (χ0n) is 13.9. The number of hydrogen-bond acceptors (Lipinski definition) is 7. The number of rotatable bonds is 4. The van der Waals surface area contributed by atoms with Gasteiger partial charge in [0.1, 0.15) is 19.0 Å². The van der Waals surface area contributed by atoms with Gasteiger partial charge in [-0.1, -0.05) is 39.4 Å². The van der Waals surface area contributed by atoms with E-state index in [1.54, 1.807) is 4.52 Å². The molecule has 9 heteroatoms. The van der Waals surface area contributed by atoms with Gasteiger partial charge in [0.25, 0.3) is 0 Å². The molecule has 0 saturated carbocycles. The van der Waals surface area contributed by atoms with E-state index in [0.717, 1.165) is 26.7 Å². The number of ether oxygens (including phenoxy) is 3. The fraction of sp³-hybridized carbons (Fsp3) is 0.167. The molecule has 27 heavy (non-hydrogen) atoms. The zero-order valence-corrected chi connectivity index (χ0v) is 16.3. The molecular formula is C18H13BrN4O3S. The van der Waals surface area contributed by atoms with Gasteiger partial charge < -0.3 is 14.2 Å². The van der Waals surface area contributed by atoms with E-state index in [-0.39, 0.29) is 12.7 Å². The average Bonchev–Trinajstić information content (AvgIpc) is 3.28. The van der Waals surface area contributed by atoms with Gasteiger partial charge in [0.05, 0.1) is 0 Å². The summed E-state index contributed by atoms with van der Waals surface area (Å²) in [6.07, 6.45) is -0.271. The maximum absolute atomic E-state index is 6.02. The van der Waals surface area contributed by atoms with Crippen molar-refractivity contribution in [2.75, 3.05) is 6.61 Å². The van der Waals surface area contributed by atoms with Crippen LogP contribution in [0.2, 0.25) is 0 Å². The van der Waals surface area contributed by atoms with Gasteiger partial charge in [-0.15, -0.1) is 10.2 Å². The molecule has 3 heterocycles. The summed E-state index contributed by atoms with van der Waals surface area (Å²) in [4.78, 5) is 0.696. The summed E-state index contributed by atoms with van der Waals surface area (Å²) in [6.45, 7) is 0.683. The Hall–Kier alpha value is -2.65. The first kappa shape index (κ1) is 16.5. The standard InChI is InChI=1S/C18H13BrN4O3S/c19-11-5-7-12(8-6-11)24-10-16-20-21-18-23(16)22-17(27-18)15-9-25-13-3-1-2-4-14(13)26-15/h1-8,15H,9-10H2/t15-/m0/s1. The highest BCUT2D eigenvalue weighted by atomic mass is 79.9. The van der Waals surface area contributed by atoms with Crippen LogP contribution in [-0.4, -0.2) is 26.4 Å². The highest BCUT2D eigenvalue weighted by molar-refractivity contribution is 9.10. The molecule has 7 nitrogen and oxygen atoms in total. The second kappa shape index (κ2) is 6.82. The van der Waals surface area contributed by atoms with Gasteiger partial charge in [0.2, 0.25) is 4.96 Å². The lowest BCUT2D eigenvalue weighted by Gasteiger charge is -2.24. The van der Waals surface area contributed by atoms with Crippen LogP contribution in [0.5, 0.6) is 17.2 Å². The van der Waals surface area contributed by atoms with Crippen LogP contribution >= 0.6 is 27.3 Å². The summed E-state index contributed by atoms with van der Waals surface area (Å²) in [5.74, 6) is 2.86. The lowest BCUT2D eigenvalue weighted by atomic mass is 10.3. The number of nitrogens with zero attached hydrogens (tertiary/aromatic N) is 4. The second-order valence-electron chi connectivity index (χ2n) is 5.86. The second-order valence-corrected chi connectivity index (χ2v) is 7.76. The van der Waals surface area contributed by atoms with E-state index in [1.807, 2.05) is 48.5 Å². The van der Waals surface area contributed by atoms with Crippen LogP contribution in [0.25, 0.3) is 4.96 Å². The topological polar surface area (TPSA) is 70.8 Å². The number of hydrogen-bond donors (Lipinski definition) is 0. The Morgan fingerprint density at radius 2 is 1.93 bits per heavy atom. The SMILES string of the molecule is Brc1ccc(OCc2nnc3sc([C@@H]4COc5ccccc5O4)nn23)cc1. The van der Waals surface area contributed by atoms with E-state index in [2.05, 4.69) is 31.2 Å². The zero-order chi connectivity index (χ0) is 18.2. The third kappa shape index (κ3) is 3.24. The molecule has 0 amide bonds. The van der Waals surface area contributed by atoms with Crippen LogP contribution < -0.4 is 14.2 Å². The largest absolute Gasteiger partial charge is 0.486 e. The van der Waals surface area contributed by atoms with E-state index in [4.69, 9.17) is 14.2 Å². The summed E-state index contributed by atoms with van der Waals surface area (Å²) in [5.41, 5.74) is 0. The number of halogens is 1. The van der Waals surface area contributed by atoms with Crippen molar-refractivity contribution in [2.45, 2.75) is 12.7 Å². The Labute approximate surface area is 166 Å². The van der Waals surface area contributed by atoms with Gasteiger partial charge in [0.15, 0.2) is 28.4 Å². The number of aromatic nitrogens is 4. The molecule has 0 aliphatic carbocycles. The minimum atomic E-state index is -0.271. The highest BCUT2D eigenvalue weighted by Crippen LogP contribution is 2.36. The molecule has 5 rings (SSSR count). The first-order chi connectivity index (χ1) is 13.3. The molecule has 0 fully saturated rings. The molecule has 0 bridgehead atoms. The van der Waals surface area contributed by atoms with Gasteiger partial charge in [-0.2, -0.15) is 9.61 Å². The third-order valence-electron chi connectivity index (χ3n) is 4.04. The molecule has 0 radical (unpaired) electrons. The van der Waals surface area contributed by atoms with Crippen LogP contribution in [0.3, 0.4) is 0 Å². The Bertz CT molecular complexity index is 1100. The Kier molecular flexibility index (Phi) is 4.17. The summed E-state index contributed by atoms with van der Waals surface area (Å²) in [6, 6.07) is 15.2. The predicted molar refractivity (Wildman–Crippen MR) is 102 cm³/mol. The molecule has 136 valence electrons. The van der Waals surface area contributed by atoms with E-state index >= 15 is 0 Å². The monoisotopic (exact) mass is 444 g/mol. The van der Waals surface area contributed by atoms with Crippen LogP contribution in [0, 0.1) is 0 Å². The molecule has 0 saturated heterocycles. The van der Waals surface area contributed by atoms with Crippen molar-refractivity contribution in [3.63, 3.8) is 0 Å². The average molecular weight is 445 g/mol. The van der Waals surface area contributed by atoms with Gasteiger partial charge in [0, 0.05) is 4.47 Å². The molecule has 0 N–H and O–H groups in total. The maximum atomic E-state index is 6.02. The lowest BCUT2D eigenvalue weighted by Crippen LogP contribution is -2.21. The fourth-order valence-electron chi connectivity index (χ4n) is 2.71. The summed E-state index contributed by atoms with van der Waals surface area (Å²) in [5, 5.41) is 13.8. The molecule has 1 aliphatic rings. The third-order valence-corrected chi connectivity index (χ3v) is 5.56. The molecule has 4 aromatic rings. The first-order valence-corrected chi connectivity index (χ1v) is 9.85. The van der Waals surface area contributed by atoms with Crippen LogP contribution in [0.4, 0.5) is 0 Å². The molecule has 0 unspecified atom stereocenters. The normalized spacial score (nSPS) is 15.8. The number of para-hydroxylation sites is 2. The molecule has 2 aromatic heterocycles. The molecule has 1 atom stereocenters. The Morgan fingerprint density at radius 1 is 1.11 bits per heavy atom. The van der Waals surface area contributed by atoms with Crippen LogP contribution in [-0.2, 0) is 6.61 Å². The van der Waals surface area contributed by atoms with Crippen molar-refractivity contribution in [3.05, 3.63) is 63.8 Å². The molecule has 0 spiro atoms. The van der Waals surface area contributed by atoms with Gasteiger partial charge in [-0.05, 0) is 36.4 Å². The maximum Gasteiger partial charge on any atom is 0.234 e. The molecular weight excluding hydrogens is 432 g/mol. The van der Waals surface area contributed by atoms with Crippen molar-refractivity contribution in [1.82, 2.24) is 19.8 Å². The predicted octanol–water partition coefficient (Wildman–Crippen LogP) is 4.04. The van der Waals surface area contributed by atoms with Crippen LogP contribution in [0.1, 0.15) is 16.9 Å². The van der Waals surface area contributed by atoms with Crippen molar-refractivity contribution in [1.29, 1.82) is 0 Å². The van der Waals surface area contributed by atoms with E-state index in [9.17, 15) is 0 Å². The van der Waals surface area contributed by atoms with Crippen molar-refractivity contribution in [3.8, 4) is 17.2 Å². The van der Waals surface area contributed by atoms with E-state index in [0.29, 0.717) is 17.4 Å². The molecule has 1 aliphatic heterocycles.